The Labute approximate surface area is 139 Å². The smallest absolute Gasteiger partial charge is 0.246 e. The molecule has 6 heteroatoms. The van der Waals surface area contributed by atoms with Crippen LogP contribution in [0, 0.1) is 0 Å². The van der Waals surface area contributed by atoms with E-state index < -0.39 is 0 Å². The minimum atomic E-state index is -0.241. The summed E-state index contributed by atoms with van der Waals surface area (Å²) >= 11 is 1.49. The van der Waals surface area contributed by atoms with Gasteiger partial charge in [0.15, 0.2) is 0 Å². The van der Waals surface area contributed by atoms with E-state index in [1.807, 2.05) is 29.6 Å². The molecule has 0 saturated carbocycles. The maximum absolute atomic E-state index is 12.4. The molecule has 0 aliphatic carbocycles. The maximum atomic E-state index is 12.4. The summed E-state index contributed by atoms with van der Waals surface area (Å²) in [7, 11) is 3.34. The third kappa shape index (κ3) is 4.72. The van der Waals surface area contributed by atoms with E-state index in [0.29, 0.717) is 6.61 Å². The van der Waals surface area contributed by atoms with Crippen LogP contribution in [0.5, 0.6) is 0 Å². The highest BCUT2D eigenvalue weighted by Gasteiger charge is 2.21. The molecule has 2 rings (SSSR count). The predicted molar refractivity (Wildman–Crippen MR) is 90.9 cm³/mol. The van der Waals surface area contributed by atoms with Gasteiger partial charge >= 0.3 is 0 Å². The van der Waals surface area contributed by atoms with Gasteiger partial charge in [0.05, 0.1) is 24.9 Å². The summed E-state index contributed by atoms with van der Waals surface area (Å²) in [6.45, 7) is 0.383. The van der Waals surface area contributed by atoms with E-state index in [1.54, 1.807) is 31.3 Å². The molecule has 0 bridgehead atoms. The lowest BCUT2D eigenvalue weighted by Crippen LogP contribution is -2.33. The van der Waals surface area contributed by atoms with Gasteiger partial charge in [-0.25, -0.2) is 0 Å². The zero-order chi connectivity index (χ0) is 16.7. The van der Waals surface area contributed by atoms with Crippen molar-refractivity contribution in [1.82, 2.24) is 9.88 Å². The quantitative estimate of drug-likeness (QED) is 0.791. The number of aliphatic hydroxyl groups excluding tert-OH is 1. The van der Waals surface area contributed by atoms with Gasteiger partial charge in [-0.05, 0) is 35.2 Å². The Balaban J connectivity index is 2.09. The molecule has 5 nitrogen and oxygen atoms in total. The zero-order valence-electron chi connectivity index (χ0n) is 13.2. The number of thiophene rings is 1. The molecule has 2 aromatic rings. The first kappa shape index (κ1) is 17.3. The number of pyridine rings is 1. The minimum absolute atomic E-state index is 0.00772. The number of aromatic nitrogens is 1. The van der Waals surface area contributed by atoms with Gasteiger partial charge in [0.2, 0.25) is 5.91 Å². The Kier molecular flexibility index (Phi) is 6.46. The molecule has 0 aromatic carbocycles. The second-order valence-corrected chi connectivity index (χ2v) is 5.97. The lowest BCUT2D eigenvalue weighted by molar-refractivity contribution is -0.128. The average Bonchev–Trinajstić information content (AvgIpc) is 3.06. The van der Waals surface area contributed by atoms with Crippen LogP contribution < -0.4 is 0 Å². The Hall–Kier alpha value is -2.02. The molecule has 0 spiro atoms. The fourth-order valence-corrected chi connectivity index (χ4v) is 2.91. The van der Waals surface area contributed by atoms with E-state index in [1.165, 1.54) is 17.4 Å². The molecule has 2 aromatic heterocycles. The fourth-order valence-electron chi connectivity index (χ4n) is 2.12. The van der Waals surface area contributed by atoms with Crippen LogP contribution in [0.25, 0.3) is 6.08 Å². The molecule has 23 heavy (non-hydrogen) atoms. The van der Waals surface area contributed by atoms with Crippen LogP contribution >= 0.6 is 11.3 Å². The summed E-state index contributed by atoms with van der Waals surface area (Å²) in [5.41, 5.74) is 1.64. The number of amides is 1. The van der Waals surface area contributed by atoms with Crippen molar-refractivity contribution in [1.29, 1.82) is 0 Å². The van der Waals surface area contributed by atoms with Gasteiger partial charge in [-0.15, -0.1) is 11.3 Å². The molecule has 122 valence electrons. The van der Waals surface area contributed by atoms with Crippen molar-refractivity contribution in [3.8, 4) is 0 Å². The summed E-state index contributed by atoms with van der Waals surface area (Å²) in [6, 6.07) is 7.23. The fraction of sp³-hybridized carbons (Fsp3) is 0.294. The molecule has 2 heterocycles. The highest BCUT2D eigenvalue weighted by molar-refractivity contribution is 7.11. The number of hydrogen-bond acceptors (Lipinski definition) is 5. The molecular formula is C17H20N2O3S. The van der Waals surface area contributed by atoms with Crippen molar-refractivity contribution >= 4 is 23.3 Å². The summed E-state index contributed by atoms with van der Waals surface area (Å²) < 4.78 is 5.23. The molecule has 1 N–H and O–H groups in total. The van der Waals surface area contributed by atoms with E-state index in [-0.39, 0.29) is 18.6 Å². The van der Waals surface area contributed by atoms with Gasteiger partial charge in [0.25, 0.3) is 0 Å². The van der Waals surface area contributed by atoms with Crippen LogP contribution in [-0.4, -0.2) is 41.7 Å². The van der Waals surface area contributed by atoms with Crippen molar-refractivity contribution in [2.75, 3.05) is 20.8 Å². The zero-order valence-corrected chi connectivity index (χ0v) is 14.0. The van der Waals surface area contributed by atoms with Crippen molar-refractivity contribution in [3.05, 3.63) is 58.1 Å². The molecule has 1 unspecified atom stereocenters. The van der Waals surface area contributed by atoms with Gasteiger partial charge in [-0.3, -0.25) is 9.78 Å². The summed E-state index contributed by atoms with van der Waals surface area (Å²) in [5.74, 6) is -0.128. The number of rotatable bonds is 7. The van der Waals surface area contributed by atoms with Crippen molar-refractivity contribution in [2.45, 2.75) is 12.6 Å². The van der Waals surface area contributed by atoms with Crippen molar-refractivity contribution < 1.29 is 14.6 Å². The maximum Gasteiger partial charge on any atom is 0.246 e. The molecular weight excluding hydrogens is 312 g/mol. The van der Waals surface area contributed by atoms with Gasteiger partial charge < -0.3 is 14.7 Å². The van der Waals surface area contributed by atoms with Gasteiger partial charge in [0, 0.05) is 31.3 Å². The third-order valence-corrected chi connectivity index (χ3v) is 4.36. The highest BCUT2D eigenvalue weighted by atomic mass is 32.1. The molecule has 0 radical (unpaired) electrons. The van der Waals surface area contributed by atoms with Crippen LogP contribution in [0.3, 0.4) is 0 Å². The van der Waals surface area contributed by atoms with Crippen molar-refractivity contribution in [2.24, 2.45) is 0 Å². The number of ether oxygens (including phenoxy) is 1. The van der Waals surface area contributed by atoms with Gasteiger partial charge in [-0.2, -0.15) is 0 Å². The molecule has 0 fully saturated rings. The molecule has 0 aliphatic heterocycles. The SMILES string of the molecule is COCC(c1ccccn1)N(C)C(=O)C=Cc1cc(CO)cs1. The Morgan fingerprint density at radius 2 is 2.35 bits per heavy atom. The summed E-state index contributed by atoms with van der Waals surface area (Å²) in [6.07, 6.45) is 4.98. The van der Waals surface area contributed by atoms with E-state index >= 15 is 0 Å². The van der Waals surface area contributed by atoms with Crippen LogP contribution in [0.15, 0.2) is 41.9 Å². The van der Waals surface area contributed by atoms with Crippen LogP contribution in [-0.2, 0) is 16.1 Å². The lowest BCUT2D eigenvalue weighted by atomic mass is 10.1. The van der Waals surface area contributed by atoms with E-state index in [2.05, 4.69) is 4.98 Å². The van der Waals surface area contributed by atoms with Crippen LogP contribution in [0.4, 0.5) is 0 Å². The molecule has 0 saturated heterocycles. The summed E-state index contributed by atoms with van der Waals surface area (Å²) in [5, 5.41) is 10.9. The Morgan fingerprint density at radius 3 is 2.96 bits per heavy atom. The topological polar surface area (TPSA) is 62.7 Å². The second kappa shape index (κ2) is 8.57. The van der Waals surface area contributed by atoms with Crippen molar-refractivity contribution in [3.63, 3.8) is 0 Å². The number of nitrogens with zero attached hydrogens (tertiary/aromatic N) is 2. The van der Waals surface area contributed by atoms with Crippen LogP contribution in [0.1, 0.15) is 22.2 Å². The summed E-state index contributed by atoms with van der Waals surface area (Å²) in [4.78, 5) is 19.2. The number of hydrogen-bond donors (Lipinski definition) is 1. The largest absolute Gasteiger partial charge is 0.392 e. The van der Waals surface area contributed by atoms with E-state index in [9.17, 15) is 4.79 Å². The van der Waals surface area contributed by atoms with E-state index in [4.69, 9.17) is 9.84 Å². The first-order valence-electron chi connectivity index (χ1n) is 7.18. The first-order valence-corrected chi connectivity index (χ1v) is 8.06. The van der Waals surface area contributed by atoms with Gasteiger partial charge in [0.1, 0.15) is 0 Å². The van der Waals surface area contributed by atoms with Crippen LogP contribution in [0.2, 0.25) is 0 Å². The molecule has 0 aliphatic rings. The number of methoxy groups -OCH3 is 1. The van der Waals surface area contributed by atoms with E-state index in [0.717, 1.165) is 16.1 Å². The third-order valence-electron chi connectivity index (χ3n) is 3.42. The monoisotopic (exact) mass is 332 g/mol. The lowest BCUT2D eigenvalue weighted by Gasteiger charge is -2.26. The number of carbonyl (C=O) groups excluding carboxylic acids is 1. The van der Waals surface area contributed by atoms with Gasteiger partial charge in [-0.1, -0.05) is 6.07 Å². The number of likely N-dealkylation sites (N-methyl/N-ethyl adjacent to an activating group) is 1. The normalized spacial score (nSPS) is 12.5. The number of carbonyl (C=O) groups is 1. The second-order valence-electron chi connectivity index (χ2n) is 5.02. The highest BCUT2D eigenvalue weighted by Crippen LogP contribution is 2.19. The number of aliphatic hydroxyl groups is 1. The standard InChI is InChI=1S/C17H20N2O3S/c1-19(16(11-22-2)15-5-3-4-8-18-15)17(21)7-6-14-9-13(10-20)12-23-14/h3-9,12,16,20H,10-11H2,1-2H3. The predicted octanol–water partition coefficient (Wildman–Crippen LogP) is 2.49. The molecule has 1 atom stereocenters. The minimum Gasteiger partial charge on any atom is -0.392 e. The average molecular weight is 332 g/mol. The molecule has 1 amide bonds. The first-order chi connectivity index (χ1) is 11.2. The Bertz CT molecular complexity index is 655. The Morgan fingerprint density at radius 1 is 1.52 bits per heavy atom.